The molecule has 1 aliphatic rings. The summed E-state index contributed by atoms with van der Waals surface area (Å²) in [6.45, 7) is 0.618. The first-order valence-electron chi connectivity index (χ1n) is 6.30. The summed E-state index contributed by atoms with van der Waals surface area (Å²) in [5.74, 6) is 0.583. The minimum absolute atomic E-state index is 0.0557. The molecule has 1 saturated carbocycles. The van der Waals surface area contributed by atoms with Crippen molar-refractivity contribution in [1.82, 2.24) is 5.32 Å². The molecular formula is C13H16ClNO3S. The molecule has 4 nitrogen and oxygen atoms in total. The average molecular weight is 302 g/mol. The van der Waals surface area contributed by atoms with Crippen LogP contribution in [0.2, 0.25) is 0 Å². The second-order valence-electron chi connectivity index (χ2n) is 4.81. The van der Waals surface area contributed by atoms with Crippen LogP contribution in [0.5, 0.6) is 0 Å². The van der Waals surface area contributed by atoms with Gasteiger partial charge >= 0.3 is 0 Å². The van der Waals surface area contributed by atoms with Gasteiger partial charge in [0.2, 0.25) is 0 Å². The SMILES string of the molecule is O=C(NCCCC1CC1)c1cccc(S(=O)(=O)Cl)c1. The lowest BCUT2D eigenvalue weighted by Crippen LogP contribution is -2.24. The molecule has 0 unspecified atom stereocenters. The third kappa shape index (κ3) is 4.51. The van der Waals surface area contributed by atoms with Gasteiger partial charge in [-0.1, -0.05) is 18.9 Å². The zero-order chi connectivity index (χ0) is 13.9. The highest BCUT2D eigenvalue weighted by molar-refractivity contribution is 8.13. The molecule has 104 valence electrons. The number of carbonyl (C=O) groups is 1. The van der Waals surface area contributed by atoms with Gasteiger partial charge in [-0.25, -0.2) is 8.42 Å². The van der Waals surface area contributed by atoms with E-state index >= 15 is 0 Å². The van der Waals surface area contributed by atoms with Gasteiger partial charge < -0.3 is 5.32 Å². The summed E-state index contributed by atoms with van der Waals surface area (Å²) in [5, 5.41) is 2.78. The summed E-state index contributed by atoms with van der Waals surface area (Å²) < 4.78 is 22.4. The number of carbonyl (C=O) groups excluding carboxylic acids is 1. The smallest absolute Gasteiger partial charge is 0.261 e. The fourth-order valence-corrected chi connectivity index (χ4v) is 2.69. The lowest BCUT2D eigenvalue weighted by atomic mass is 10.2. The predicted molar refractivity (Wildman–Crippen MR) is 73.8 cm³/mol. The highest BCUT2D eigenvalue weighted by Gasteiger charge is 2.20. The molecular weight excluding hydrogens is 286 g/mol. The zero-order valence-corrected chi connectivity index (χ0v) is 12.0. The third-order valence-electron chi connectivity index (χ3n) is 3.15. The first-order valence-corrected chi connectivity index (χ1v) is 8.60. The van der Waals surface area contributed by atoms with Crippen molar-refractivity contribution in [3.63, 3.8) is 0 Å². The van der Waals surface area contributed by atoms with E-state index in [1.165, 1.54) is 31.0 Å². The van der Waals surface area contributed by atoms with Crippen molar-refractivity contribution in [2.45, 2.75) is 30.6 Å². The lowest BCUT2D eigenvalue weighted by molar-refractivity contribution is 0.0952. The van der Waals surface area contributed by atoms with Crippen LogP contribution in [0.3, 0.4) is 0 Å². The minimum atomic E-state index is -3.79. The van der Waals surface area contributed by atoms with E-state index in [9.17, 15) is 13.2 Å². The van der Waals surface area contributed by atoms with Gasteiger partial charge in [-0.05, 0) is 37.0 Å². The Morgan fingerprint density at radius 3 is 2.74 bits per heavy atom. The highest BCUT2D eigenvalue weighted by atomic mass is 35.7. The Morgan fingerprint density at radius 1 is 1.37 bits per heavy atom. The van der Waals surface area contributed by atoms with Gasteiger partial charge in [0.05, 0.1) is 4.90 Å². The van der Waals surface area contributed by atoms with Gasteiger partial charge in [0.15, 0.2) is 0 Å². The molecule has 19 heavy (non-hydrogen) atoms. The molecule has 0 aromatic heterocycles. The van der Waals surface area contributed by atoms with Gasteiger partial charge in [-0.3, -0.25) is 4.79 Å². The molecule has 1 aromatic rings. The molecule has 0 aliphatic heterocycles. The molecule has 0 radical (unpaired) electrons. The average Bonchev–Trinajstić information content (AvgIpc) is 3.17. The predicted octanol–water partition coefficient (Wildman–Crippen LogP) is 2.53. The van der Waals surface area contributed by atoms with Crippen LogP contribution >= 0.6 is 10.7 Å². The van der Waals surface area contributed by atoms with E-state index in [-0.39, 0.29) is 10.8 Å². The van der Waals surface area contributed by atoms with Crippen LogP contribution < -0.4 is 5.32 Å². The fraction of sp³-hybridized carbons (Fsp3) is 0.462. The van der Waals surface area contributed by atoms with E-state index in [4.69, 9.17) is 10.7 Å². The van der Waals surface area contributed by atoms with Gasteiger partial charge in [-0.15, -0.1) is 0 Å². The second kappa shape index (κ2) is 5.92. The number of halogens is 1. The fourth-order valence-electron chi connectivity index (χ4n) is 1.89. The largest absolute Gasteiger partial charge is 0.352 e. The Labute approximate surface area is 117 Å². The van der Waals surface area contributed by atoms with Crippen LogP contribution in [0.15, 0.2) is 29.2 Å². The third-order valence-corrected chi connectivity index (χ3v) is 4.50. The monoisotopic (exact) mass is 301 g/mol. The normalized spacial score (nSPS) is 15.2. The molecule has 0 heterocycles. The van der Waals surface area contributed by atoms with Gasteiger partial charge in [0, 0.05) is 22.8 Å². The molecule has 1 amide bonds. The maximum atomic E-state index is 11.8. The van der Waals surface area contributed by atoms with E-state index in [0.29, 0.717) is 12.1 Å². The molecule has 6 heteroatoms. The summed E-state index contributed by atoms with van der Waals surface area (Å²) in [6.07, 6.45) is 4.73. The van der Waals surface area contributed by atoms with Crippen LogP contribution in [0.25, 0.3) is 0 Å². The number of rotatable bonds is 6. The van der Waals surface area contributed by atoms with E-state index in [1.807, 2.05) is 0 Å². The Morgan fingerprint density at radius 2 is 2.11 bits per heavy atom. The molecule has 0 saturated heterocycles. The van der Waals surface area contributed by atoms with Crippen LogP contribution in [0.1, 0.15) is 36.0 Å². The molecule has 2 rings (SSSR count). The topological polar surface area (TPSA) is 63.2 Å². The molecule has 0 spiro atoms. The van der Waals surface area contributed by atoms with Crippen molar-refractivity contribution >= 4 is 25.6 Å². The van der Waals surface area contributed by atoms with Crippen molar-refractivity contribution < 1.29 is 13.2 Å². The Hall–Kier alpha value is -1.07. The standard InChI is InChI=1S/C13H16ClNO3S/c14-19(17,18)12-5-1-4-11(9-12)13(16)15-8-2-3-10-6-7-10/h1,4-5,9-10H,2-3,6-8H2,(H,15,16). The molecule has 1 N–H and O–H groups in total. The van der Waals surface area contributed by atoms with E-state index in [0.717, 1.165) is 18.8 Å². The Bertz CT molecular complexity index is 567. The van der Waals surface area contributed by atoms with Crippen LogP contribution in [-0.4, -0.2) is 20.9 Å². The molecule has 0 atom stereocenters. The summed E-state index contributed by atoms with van der Waals surface area (Å²) in [4.78, 5) is 11.8. The van der Waals surface area contributed by atoms with Gasteiger partial charge in [0.1, 0.15) is 0 Å². The summed E-state index contributed by atoms with van der Waals surface area (Å²) in [5.41, 5.74) is 0.313. The lowest BCUT2D eigenvalue weighted by Gasteiger charge is -2.05. The van der Waals surface area contributed by atoms with Crippen LogP contribution in [0.4, 0.5) is 0 Å². The van der Waals surface area contributed by atoms with E-state index < -0.39 is 9.05 Å². The number of nitrogens with one attached hydrogen (secondary N) is 1. The van der Waals surface area contributed by atoms with Crippen molar-refractivity contribution in [2.75, 3.05) is 6.54 Å². The number of hydrogen-bond donors (Lipinski definition) is 1. The summed E-state index contributed by atoms with van der Waals surface area (Å²) in [7, 11) is 1.45. The first kappa shape index (κ1) is 14.3. The summed E-state index contributed by atoms with van der Waals surface area (Å²) in [6, 6.07) is 5.74. The molecule has 1 aromatic carbocycles. The minimum Gasteiger partial charge on any atom is -0.352 e. The van der Waals surface area contributed by atoms with Gasteiger partial charge in [-0.2, -0.15) is 0 Å². The van der Waals surface area contributed by atoms with Crippen molar-refractivity contribution in [3.05, 3.63) is 29.8 Å². The maximum absolute atomic E-state index is 11.8. The number of hydrogen-bond acceptors (Lipinski definition) is 3. The van der Waals surface area contributed by atoms with Crippen LogP contribution in [-0.2, 0) is 9.05 Å². The van der Waals surface area contributed by atoms with Crippen molar-refractivity contribution in [3.8, 4) is 0 Å². The zero-order valence-electron chi connectivity index (χ0n) is 10.4. The number of amides is 1. The van der Waals surface area contributed by atoms with Crippen LogP contribution in [0, 0.1) is 5.92 Å². The highest BCUT2D eigenvalue weighted by Crippen LogP contribution is 2.33. The molecule has 1 aliphatic carbocycles. The molecule has 0 bridgehead atoms. The number of benzene rings is 1. The Kier molecular flexibility index (Phi) is 4.47. The maximum Gasteiger partial charge on any atom is 0.261 e. The summed E-state index contributed by atoms with van der Waals surface area (Å²) >= 11 is 0. The Balaban J connectivity index is 1.90. The second-order valence-corrected chi connectivity index (χ2v) is 7.37. The van der Waals surface area contributed by atoms with Gasteiger partial charge in [0.25, 0.3) is 15.0 Å². The quantitative estimate of drug-likeness (QED) is 0.649. The van der Waals surface area contributed by atoms with E-state index in [1.54, 1.807) is 6.07 Å². The van der Waals surface area contributed by atoms with Crippen molar-refractivity contribution in [2.24, 2.45) is 5.92 Å². The molecule has 1 fully saturated rings. The van der Waals surface area contributed by atoms with E-state index in [2.05, 4.69) is 5.32 Å². The van der Waals surface area contributed by atoms with Crippen molar-refractivity contribution in [1.29, 1.82) is 0 Å². The first-order chi connectivity index (χ1) is 8.97.